The van der Waals surface area contributed by atoms with Gasteiger partial charge < -0.3 is 15.4 Å². The molecule has 0 aromatic heterocycles. The normalized spacial score (nSPS) is 27.8. The second-order valence-corrected chi connectivity index (χ2v) is 10.5. The summed E-state index contributed by atoms with van der Waals surface area (Å²) in [5.41, 5.74) is 1.41. The molecule has 3 atom stereocenters. The Hall–Kier alpha value is -0.870. The van der Waals surface area contributed by atoms with Gasteiger partial charge in [0.05, 0.1) is 11.0 Å². The maximum Gasteiger partial charge on any atom is 0.191 e. The minimum absolute atomic E-state index is 0. The van der Waals surface area contributed by atoms with Crippen molar-refractivity contribution in [1.29, 1.82) is 0 Å². The topological polar surface area (TPSA) is 79.8 Å². The van der Waals surface area contributed by atoms with Crippen LogP contribution in [0.2, 0.25) is 0 Å². The number of ether oxygens (including phenoxy) is 1. The van der Waals surface area contributed by atoms with Crippen molar-refractivity contribution < 1.29 is 13.2 Å². The molecule has 0 bridgehead atoms. The number of nitrogens with one attached hydrogen (secondary N) is 2. The molecule has 3 aliphatic rings. The van der Waals surface area contributed by atoms with Gasteiger partial charge in [-0.15, -0.1) is 24.0 Å². The fraction of sp³-hybridized carbons (Fsp3) is 0.667. The number of hydrogen-bond donors (Lipinski definition) is 2. The van der Waals surface area contributed by atoms with E-state index < -0.39 is 9.84 Å². The smallest absolute Gasteiger partial charge is 0.191 e. The average Bonchev–Trinajstić information content (AvgIpc) is 3.33. The maximum absolute atomic E-state index is 11.6. The highest BCUT2D eigenvalue weighted by atomic mass is 127. The molecule has 1 saturated heterocycles. The van der Waals surface area contributed by atoms with Crippen molar-refractivity contribution in [3.63, 3.8) is 0 Å². The molecule has 2 aliphatic carbocycles. The van der Waals surface area contributed by atoms with E-state index in [2.05, 4.69) is 15.6 Å². The van der Waals surface area contributed by atoms with Crippen LogP contribution in [-0.4, -0.2) is 53.0 Å². The van der Waals surface area contributed by atoms with E-state index in [-0.39, 0.29) is 24.0 Å². The highest BCUT2D eigenvalue weighted by molar-refractivity contribution is 14.0. The fourth-order valence-corrected chi connectivity index (χ4v) is 6.11. The van der Waals surface area contributed by atoms with Crippen LogP contribution in [-0.2, 0) is 21.0 Å². The molecule has 1 aliphatic heterocycles. The van der Waals surface area contributed by atoms with Gasteiger partial charge in [0.2, 0.25) is 0 Å². The van der Waals surface area contributed by atoms with E-state index in [0.717, 1.165) is 37.5 Å². The SMILES string of the molecule is CN=C(NCCc1ccc(S(C)(=O)=O)cc1)NC1C2CCOC2C12CCCC2.I. The van der Waals surface area contributed by atoms with Gasteiger partial charge in [-0.2, -0.15) is 0 Å². The number of sulfone groups is 1. The molecule has 3 unspecified atom stereocenters. The van der Waals surface area contributed by atoms with E-state index >= 15 is 0 Å². The first-order chi connectivity index (χ1) is 13.4. The Morgan fingerprint density at radius 1 is 1.24 bits per heavy atom. The summed E-state index contributed by atoms with van der Waals surface area (Å²) in [7, 11) is -1.32. The molecule has 1 aromatic rings. The molecule has 2 N–H and O–H groups in total. The highest BCUT2D eigenvalue weighted by Gasteiger charge is 2.65. The Balaban J connectivity index is 0.00000240. The van der Waals surface area contributed by atoms with Crippen molar-refractivity contribution in [1.82, 2.24) is 10.6 Å². The van der Waals surface area contributed by atoms with Gasteiger partial charge in [-0.3, -0.25) is 4.99 Å². The largest absolute Gasteiger partial charge is 0.377 e. The van der Waals surface area contributed by atoms with Crippen molar-refractivity contribution in [2.45, 2.75) is 55.6 Å². The third-order valence-electron chi connectivity index (χ3n) is 6.86. The Labute approximate surface area is 191 Å². The summed E-state index contributed by atoms with van der Waals surface area (Å²) >= 11 is 0. The molecule has 1 heterocycles. The highest BCUT2D eigenvalue weighted by Crippen LogP contribution is 2.60. The first kappa shape index (κ1) is 22.8. The first-order valence-electron chi connectivity index (χ1n) is 10.3. The van der Waals surface area contributed by atoms with Gasteiger partial charge >= 0.3 is 0 Å². The van der Waals surface area contributed by atoms with Crippen molar-refractivity contribution in [3.8, 4) is 0 Å². The summed E-state index contributed by atoms with van der Waals surface area (Å²) in [6.07, 6.45) is 8.77. The number of guanidine groups is 1. The van der Waals surface area contributed by atoms with E-state index in [1.807, 2.05) is 19.2 Å². The van der Waals surface area contributed by atoms with Crippen LogP contribution in [0.3, 0.4) is 0 Å². The monoisotopic (exact) mass is 533 g/mol. The van der Waals surface area contributed by atoms with Crippen LogP contribution >= 0.6 is 24.0 Å². The molecule has 4 rings (SSSR count). The summed E-state index contributed by atoms with van der Waals surface area (Å²) in [6.45, 7) is 1.65. The zero-order chi connectivity index (χ0) is 19.8. The predicted molar refractivity (Wildman–Crippen MR) is 126 cm³/mol. The number of benzene rings is 1. The molecule has 2 saturated carbocycles. The summed E-state index contributed by atoms with van der Waals surface area (Å²) in [4.78, 5) is 4.79. The number of hydrogen-bond acceptors (Lipinski definition) is 4. The first-order valence-corrected chi connectivity index (χ1v) is 12.2. The molecular formula is C21H32IN3O3S. The lowest BCUT2D eigenvalue weighted by atomic mass is 9.54. The minimum Gasteiger partial charge on any atom is -0.377 e. The van der Waals surface area contributed by atoms with Gasteiger partial charge in [-0.1, -0.05) is 25.0 Å². The summed E-state index contributed by atoms with van der Waals surface area (Å²) in [6, 6.07) is 7.58. The lowest BCUT2D eigenvalue weighted by Gasteiger charge is -2.57. The van der Waals surface area contributed by atoms with E-state index in [4.69, 9.17) is 4.74 Å². The van der Waals surface area contributed by atoms with Crippen molar-refractivity contribution >= 4 is 39.8 Å². The third kappa shape index (κ3) is 4.44. The van der Waals surface area contributed by atoms with Crippen LogP contribution in [0.4, 0.5) is 0 Å². The van der Waals surface area contributed by atoms with Crippen LogP contribution in [0.5, 0.6) is 0 Å². The fourth-order valence-electron chi connectivity index (χ4n) is 5.47. The molecule has 8 heteroatoms. The molecule has 6 nitrogen and oxygen atoms in total. The van der Waals surface area contributed by atoms with Gasteiger partial charge in [-0.25, -0.2) is 8.42 Å². The number of aliphatic imine (C=N–C) groups is 1. The number of rotatable bonds is 5. The van der Waals surface area contributed by atoms with E-state index in [0.29, 0.717) is 28.4 Å². The molecule has 0 radical (unpaired) electrons. The van der Waals surface area contributed by atoms with Gasteiger partial charge in [0, 0.05) is 43.8 Å². The molecule has 1 spiro atoms. The zero-order valence-corrected chi connectivity index (χ0v) is 20.3. The van der Waals surface area contributed by atoms with Crippen molar-refractivity contribution in [3.05, 3.63) is 29.8 Å². The van der Waals surface area contributed by atoms with E-state index in [1.165, 1.54) is 31.9 Å². The second-order valence-electron chi connectivity index (χ2n) is 8.47. The summed E-state index contributed by atoms with van der Waals surface area (Å²) in [5, 5.41) is 7.13. The standard InChI is InChI=1S/C21H31N3O3S.HI/c1-22-20(23-13-9-15-5-7-16(8-6-15)28(2,25)26)24-18-17-10-14-27-19(17)21(18)11-3-4-12-21;/h5-8,17-19H,3-4,9-14H2,1-2H3,(H2,22,23,24);1H. The lowest BCUT2D eigenvalue weighted by molar-refractivity contribution is -0.125. The van der Waals surface area contributed by atoms with E-state index in [1.54, 1.807) is 12.1 Å². The lowest BCUT2D eigenvalue weighted by Crippen LogP contribution is -2.69. The van der Waals surface area contributed by atoms with E-state index in [9.17, 15) is 8.42 Å². The van der Waals surface area contributed by atoms with Gasteiger partial charge in [0.1, 0.15) is 0 Å². The molecule has 162 valence electrons. The van der Waals surface area contributed by atoms with Gasteiger partial charge in [0.15, 0.2) is 15.8 Å². The number of fused-ring (bicyclic) bond motifs is 2. The third-order valence-corrected chi connectivity index (χ3v) is 7.99. The minimum atomic E-state index is -3.14. The quantitative estimate of drug-likeness (QED) is 0.346. The summed E-state index contributed by atoms with van der Waals surface area (Å²) in [5.74, 6) is 1.47. The van der Waals surface area contributed by atoms with Gasteiger partial charge in [0.25, 0.3) is 0 Å². The van der Waals surface area contributed by atoms with Crippen LogP contribution in [0.25, 0.3) is 0 Å². The Morgan fingerprint density at radius 3 is 2.55 bits per heavy atom. The molecule has 1 aromatic carbocycles. The average molecular weight is 533 g/mol. The van der Waals surface area contributed by atoms with Gasteiger partial charge in [-0.05, 0) is 43.4 Å². The number of nitrogens with zero attached hydrogens (tertiary/aromatic N) is 1. The number of halogens is 1. The van der Waals surface area contributed by atoms with Crippen LogP contribution < -0.4 is 10.6 Å². The molecule has 0 amide bonds. The summed E-state index contributed by atoms with van der Waals surface area (Å²) < 4.78 is 29.2. The molecule has 3 fully saturated rings. The Morgan fingerprint density at radius 2 is 1.93 bits per heavy atom. The van der Waals surface area contributed by atoms with Crippen LogP contribution in [0.15, 0.2) is 34.2 Å². The molecular weight excluding hydrogens is 501 g/mol. The maximum atomic E-state index is 11.6. The van der Waals surface area contributed by atoms with Crippen molar-refractivity contribution in [2.75, 3.05) is 26.5 Å². The predicted octanol–water partition coefficient (Wildman–Crippen LogP) is 2.76. The Bertz CT molecular complexity index is 835. The zero-order valence-electron chi connectivity index (χ0n) is 17.2. The Kier molecular flexibility index (Phi) is 7.15. The van der Waals surface area contributed by atoms with Crippen molar-refractivity contribution in [2.24, 2.45) is 16.3 Å². The second kappa shape index (κ2) is 9.09. The van der Waals surface area contributed by atoms with Crippen LogP contribution in [0, 0.1) is 11.3 Å². The van der Waals surface area contributed by atoms with Crippen LogP contribution in [0.1, 0.15) is 37.7 Å². The molecule has 29 heavy (non-hydrogen) atoms.